The molecule has 200 valence electrons. The van der Waals surface area contributed by atoms with Crippen molar-refractivity contribution in [1.29, 1.82) is 0 Å². The highest BCUT2D eigenvalue weighted by atomic mass is 35.5. The number of hydrogen-bond acceptors (Lipinski definition) is 8. The van der Waals surface area contributed by atoms with Crippen molar-refractivity contribution in [1.82, 2.24) is 15.0 Å². The first-order chi connectivity index (χ1) is 18.4. The molecule has 0 bridgehead atoms. The van der Waals surface area contributed by atoms with Crippen molar-refractivity contribution in [2.45, 2.75) is 68.7 Å². The number of aliphatic hydroxyl groups excluding tert-OH is 2. The molecule has 6 atom stereocenters. The molecular weight excluding hydrogens is 515 g/mol. The number of benzene rings is 1. The minimum atomic E-state index is -0.658. The number of allylic oxidation sites excluding steroid dienone is 1. The van der Waals surface area contributed by atoms with E-state index in [9.17, 15) is 10.2 Å². The maximum Gasteiger partial charge on any atom is 0.296 e. The van der Waals surface area contributed by atoms with E-state index in [1.165, 1.54) is 0 Å². The number of rotatable bonds is 5. The second kappa shape index (κ2) is 9.46. The molecule has 3 aromatic rings. The summed E-state index contributed by atoms with van der Waals surface area (Å²) in [4.78, 5) is 12.1. The molecule has 7 rings (SSSR count). The van der Waals surface area contributed by atoms with Crippen molar-refractivity contribution in [2.24, 2.45) is 0 Å². The molecule has 0 amide bonds. The Bertz CT molecular complexity index is 1430. The van der Waals surface area contributed by atoms with Gasteiger partial charge in [0.2, 0.25) is 0 Å². The number of aromatic nitrogens is 3. The Hall–Kier alpha value is -2.76. The van der Waals surface area contributed by atoms with Gasteiger partial charge in [-0.25, -0.2) is 9.37 Å². The van der Waals surface area contributed by atoms with Crippen LogP contribution in [0.2, 0.25) is 5.02 Å². The number of aromatic amines is 1. The number of pyridine rings is 1. The number of nitrogens with one attached hydrogen (secondary N) is 2. The molecule has 2 saturated heterocycles. The number of hydrogen-bond donors (Lipinski definition) is 4. The number of imidazole rings is 1. The predicted molar refractivity (Wildman–Crippen MR) is 138 cm³/mol. The Kier molecular flexibility index (Phi) is 6.05. The van der Waals surface area contributed by atoms with Crippen LogP contribution >= 0.6 is 11.6 Å². The molecule has 2 unspecified atom stereocenters. The van der Waals surface area contributed by atoms with Crippen LogP contribution in [0.25, 0.3) is 16.7 Å². The smallest absolute Gasteiger partial charge is 0.296 e. The molecule has 2 fully saturated rings. The number of H-pyrrole nitrogens is 1. The Labute approximate surface area is 223 Å². The molecule has 38 heavy (non-hydrogen) atoms. The van der Waals surface area contributed by atoms with Crippen LogP contribution in [0.5, 0.6) is 6.01 Å². The fourth-order valence-corrected chi connectivity index (χ4v) is 6.24. The first kappa shape index (κ1) is 24.3. The maximum atomic E-state index is 15.4. The molecule has 4 aliphatic rings. The number of aliphatic hydroxyl groups is 2. The summed E-state index contributed by atoms with van der Waals surface area (Å²) < 4.78 is 32.6. The Balaban J connectivity index is 1.10. The van der Waals surface area contributed by atoms with E-state index in [0.29, 0.717) is 46.8 Å². The highest BCUT2D eigenvalue weighted by molar-refractivity contribution is 6.33. The van der Waals surface area contributed by atoms with Gasteiger partial charge in [-0.2, -0.15) is 4.98 Å². The van der Waals surface area contributed by atoms with E-state index < -0.39 is 18.3 Å². The van der Waals surface area contributed by atoms with Gasteiger partial charge >= 0.3 is 0 Å². The first-order valence-electron chi connectivity index (χ1n) is 13.0. The van der Waals surface area contributed by atoms with Crippen molar-refractivity contribution < 1.29 is 28.8 Å². The zero-order chi connectivity index (χ0) is 26.0. The van der Waals surface area contributed by atoms with E-state index in [0.717, 1.165) is 29.5 Å². The summed E-state index contributed by atoms with van der Waals surface area (Å²) in [5.74, 6) is 0.178. The third kappa shape index (κ3) is 4.24. The molecule has 0 radical (unpaired) electrons. The normalized spacial score (nSPS) is 30.4. The molecule has 0 spiro atoms. The number of halogens is 2. The Morgan fingerprint density at radius 3 is 2.79 bits per heavy atom. The number of nitrogens with zero attached hydrogens (tertiary/aromatic N) is 2. The van der Waals surface area contributed by atoms with Crippen LogP contribution in [0.3, 0.4) is 0 Å². The topological polar surface area (TPSA) is 122 Å². The number of ether oxygens (including phenoxy) is 3. The quantitative estimate of drug-likeness (QED) is 0.385. The van der Waals surface area contributed by atoms with Gasteiger partial charge in [0.05, 0.1) is 35.9 Å². The zero-order valence-corrected chi connectivity index (χ0v) is 21.2. The minimum absolute atomic E-state index is 0.218. The lowest BCUT2D eigenvalue weighted by atomic mass is 9.90. The van der Waals surface area contributed by atoms with Gasteiger partial charge in [-0.1, -0.05) is 23.7 Å². The van der Waals surface area contributed by atoms with Gasteiger partial charge in [0.15, 0.2) is 11.8 Å². The lowest BCUT2D eigenvalue weighted by molar-refractivity contribution is 0.00706. The van der Waals surface area contributed by atoms with Crippen LogP contribution in [-0.4, -0.2) is 68.9 Å². The van der Waals surface area contributed by atoms with Gasteiger partial charge < -0.3 is 34.7 Å². The summed E-state index contributed by atoms with van der Waals surface area (Å²) in [5.41, 5.74) is 4.63. The van der Waals surface area contributed by atoms with E-state index in [1.807, 2.05) is 6.08 Å². The summed E-state index contributed by atoms with van der Waals surface area (Å²) in [6, 6.07) is 5.38. The molecule has 2 aromatic heterocycles. The van der Waals surface area contributed by atoms with Crippen LogP contribution in [0, 0.1) is 5.82 Å². The van der Waals surface area contributed by atoms with Crippen LogP contribution < -0.4 is 10.1 Å². The Morgan fingerprint density at radius 1 is 1.08 bits per heavy atom. The highest BCUT2D eigenvalue weighted by Gasteiger charge is 2.48. The lowest BCUT2D eigenvalue weighted by Gasteiger charge is -2.20. The van der Waals surface area contributed by atoms with Crippen LogP contribution in [-0.2, 0) is 15.9 Å². The average Bonchev–Trinajstić information content (AvgIpc) is 3.66. The van der Waals surface area contributed by atoms with Gasteiger partial charge in [0, 0.05) is 5.56 Å². The zero-order valence-electron chi connectivity index (χ0n) is 20.5. The van der Waals surface area contributed by atoms with E-state index in [4.69, 9.17) is 25.8 Å². The molecular formula is C27H28ClFN4O5. The highest BCUT2D eigenvalue weighted by Crippen LogP contribution is 2.40. The number of aryl methyl sites for hydroxylation is 1. The fourth-order valence-electron chi connectivity index (χ4n) is 6.03. The van der Waals surface area contributed by atoms with Gasteiger partial charge in [0.25, 0.3) is 6.01 Å². The molecule has 0 saturated carbocycles. The van der Waals surface area contributed by atoms with Crippen LogP contribution in [0.15, 0.2) is 24.3 Å². The third-order valence-corrected chi connectivity index (χ3v) is 8.27. The minimum Gasteiger partial charge on any atom is -0.456 e. The van der Waals surface area contributed by atoms with Gasteiger partial charge in [-0.15, -0.1) is 0 Å². The molecule has 4 heterocycles. The van der Waals surface area contributed by atoms with E-state index in [2.05, 4.69) is 26.3 Å². The largest absolute Gasteiger partial charge is 0.456 e. The van der Waals surface area contributed by atoms with Crippen molar-refractivity contribution >= 4 is 34.2 Å². The second-order valence-corrected chi connectivity index (χ2v) is 10.9. The summed E-state index contributed by atoms with van der Waals surface area (Å²) in [7, 11) is 0. The first-order valence-corrected chi connectivity index (χ1v) is 13.4. The molecule has 11 heteroatoms. The van der Waals surface area contributed by atoms with E-state index >= 15 is 4.39 Å². The number of anilines is 1. The molecule has 1 aromatic carbocycles. The van der Waals surface area contributed by atoms with Crippen molar-refractivity contribution in [3.63, 3.8) is 0 Å². The molecule has 2 aliphatic heterocycles. The predicted octanol–water partition coefficient (Wildman–Crippen LogP) is 3.68. The summed E-state index contributed by atoms with van der Waals surface area (Å²) >= 11 is 6.55. The monoisotopic (exact) mass is 542 g/mol. The van der Waals surface area contributed by atoms with Crippen molar-refractivity contribution in [3.05, 3.63) is 51.8 Å². The number of fused-ring (bicyclic) bond motifs is 3. The van der Waals surface area contributed by atoms with Crippen molar-refractivity contribution in [2.75, 3.05) is 18.5 Å². The summed E-state index contributed by atoms with van der Waals surface area (Å²) in [6.45, 7) is 0.508. The van der Waals surface area contributed by atoms with Gasteiger partial charge in [0.1, 0.15) is 29.9 Å². The van der Waals surface area contributed by atoms with Gasteiger partial charge in [-0.3, -0.25) is 0 Å². The van der Waals surface area contributed by atoms with Gasteiger partial charge in [-0.05, 0) is 60.9 Å². The SMILES string of the molecule is OC1CC=C(c2cc(F)c3c(c2)CCC3Nc2nc3nc(O[C@@H]4CO[C@H]5[C@@H]4OC[C@H]5O)[nH]c3cc2Cl)CC1. The van der Waals surface area contributed by atoms with E-state index in [-0.39, 0.29) is 43.3 Å². The second-order valence-electron chi connectivity index (χ2n) is 10.5. The van der Waals surface area contributed by atoms with E-state index in [1.54, 1.807) is 12.1 Å². The standard InChI is InChI=1S/C27H28ClFN4O5/c28-16-9-19-26(33-27(31-19)38-21-11-37-23-20(35)10-36-24(21)23)32-25(16)30-18-6-3-13-7-14(8-17(29)22(13)18)12-1-4-15(34)5-2-12/h1,7-9,15,18,20-21,23-24,34-35H,2-6,10-11H2,(H2,30,31,32,33)/t15?,18?,20-,21-,23-,24-/m1/s1. The average molecular weight is 543 g/mol. The fraction of sp³-hybridized carbons (Fsp3) is 0.481. The summed E-state index contributed by atoms with van der Waals surface area (Å²) in [5, 5.41) is 23.4. The Morgan fingerprint density at radius 2 is 1.95 bits per heavy atom. The van der Waals surface area contributed by atoms with Crippen LogP contribution in [0.4, 0.5) is 10.2 Å². The third-order valence-electron chi connectivity index (χ3n) is 7.98. The molecule has 4 N–H and O–H groups in total. The van der Waals surface area contributed by atoms with Crippen molar-refractivity contribution in [3.8, 4) is 6.01 Å². The summed E-state index contributed by atoms with van der Waals surface area (Å²) in [6.07, 6.45) is 3.42. The lowest BCUT2D eigenvalue weighted by Crippen LogP contribution is -2.34. The van der Waals surface area contributed by atoms with Crippen LogP contribution in [0.1, 0.15) is 48.4 Å². The molecule has 2 aliphatic carbocycles. The molecule has 9 nitrogen and oxygen atoms in total. The maximum absolute atomic E-state index is 15.4.